The Morgan fingerprint density at radius 3 is 2.26 bits per heavy atom. The monoisotopic (exact) mass is 633 g/mol. The van der Waals surface area contributed by atoms with Crippen LogP contribution in [0, 0.1) is 0 Å². The van der Waals surface area contributed by atoms with Gasteiger partial charge in [0.15, 0.2) is 0 Å². The average Bonchev–Trinajstić information content (AvgIpc) is 3.31. The van der Waals surface area contributed by atoms with Crippen molar-refractivity contribution in [3.05, 3.63) is 65.7 Å². The summed E-state index contributed by atoms with van der Waals surface area (Å²) in [4.78, 5) is 19.9. The van der Waals surface area contributed by atoms with Crippen LogP contribution in [-0.4, -0.2) is 122 Å². The Labute approximate surface area is 255 Å². The standard InChI is InChI=1S/C30H43N5O6S2/c1-32-16-18-33(19-17-32)20-21-43(39,40)31-27(23-41-22-25-8-4-3-5-9-25)29(36)34-14-12-30(13-15-34)24-35(42(2,37)38)28-11-7-6-10-26(28)30/h3-11,27,31H,12-24H2,1-2H3/t27-/m1/s1. The molecule has 0 aliphatic carbocycles. The minimum atomic E-state index is -3.76. The quantitative estimate of drug-likeness (QED) is 0.391. The van der Waals surface area contributed by atoms with Crippen LogP contribution in [0.5, 0.6) is 0 Å². The van der Waals surface area contributed by atoms with Crippen molar-refractivity contribution in [2.45, 2.75) is 30.9 Å². The van der Waals surface area contributed by atoms with Gasteiger partial charge in [0.05, 0.1) is 30.9 Å². The maximum absolute atomic E-state index is 13.8. The molecule has 236 valence electrons. The summed E-state index contributed by atoms with van der Waals surface area (Å²) in [5.41, 5.74) is 2.23. The average molecular weight is 634 g/mol. The van der Waals surface area contributed by atoms with E-state index >= 15 is 0 Å². The van der Waals surface area contributed by atoms with Gasteiger partial charge in [-0.2, -0.15) is 0 Å². The zero-order chi connectivity index (χ0) is 30.7. The summed E-state index contributed by atoms with van der Waals surface area (Å²) in [6, 6.07) is 16.1. The maximum Gasteiger partial charge on any atom is 0.243 e. The second kappa shape index (κ2) is 13.2. The zero-order valence-electron chi connectivity index (χ0n) is 25.0. The lowest BCUT2D eigenvalue weighted by molar-refractivity contribution is -0.136. The van der Waals surface area contributed by atoms with Crippen LogP contribution in [0.25, 0.3) is 0 Å². The molecule has 0 saturated carbocycles. The van der Waals surface area contributed by atoms with Crippen molar-refractivity contribution in [2.24, 2.45) is 0 Å². The molecule has 2 aromatic rings. The van der Waals surface area contributed by atoms with Crippen molar-refractivity contribution < 1.29 is 26.4 Å². The van der Waals surface area contributed by atoms with Gasteiger partial charge in [0, 0.05) is 57.8 Å². The van der Waals surface area contributed by atoms with Crippen molar-refractivity contribution in [2.75, 3.05) is 82.3 Å². The first-order valence-electron chi connectivity index (χ1n) is 14.8. The van der Waals surface area contributed by atoms with Crippen molar-refractivity contribution in [1.82, 2.24) is 19.4 Å². The molecule has 5 rings (SSSR count). The van der Waals surface area contributed by atoms with E-state index < -0.39 is 31.5 Å². The van der Waals surface area contributed by atoms with Gasteiger partial charge in [-0.05, 0) is 37.1 Å². The summed E-state index contributed by atoms with van der Waals surface area (Å²) >= 11 is 0. The Bertz CT molecular complexity index is 1470. The number of likely N-dealkylation sites (N-methyl/N-ethyl adjacent to an activating group) is 1. The van der Waals surface area contributed by atoms with E-state index in [0.717, 1.165) is 37.3 Å². The fraction of sp³-hybridized carbons (Fsp3) is 0.567. The van der Waals surface area contributed by atoms with E-state index in [9.17, 15) is 21.6 Å². The number of carbonyl (C=O) groups excluding carboxylic acids is 1. The number of nitrogens with one attached hydrogen (secondary N) is 1. The summed E-state index contributed by atoms with van der Waals surface area (Å²) in [7, 11) is -5.16. The zero-order valence-corrected chi connectivity index (χ0v) is 26.7. The Morgan fingerprint density at radius 2 is 1.58 bits per heavy atom. The molecule has 11 nitrogen and oxygen atoms in total. The molecule has 1 atom stereocenters. The van der Waals surface area contributed by atoms with Crippen LogP contribution in [-0.2, 0) is 41.6 Å². The van der Waals surface area contributed by atoms with Crippen molar-refractivity contribution >= 4 is 31.6 Å². The Morgan fingerprint density at radius 1 is 0.930 bits per heavy atom. The lowest BCUT2D eigenvalue weighted by atomic mass is 9.74. The molecule has 1 amide bonds. The molecule has 0 aromatic heterocycles. The highest BCUT2D eigenvalue weighted by Crippen LogP contribution is 2.47. The summed E-state index contributed by atoms with van der Waals surface area (Å²) < 4.78 is 61.5. The number of piperidine rings is 1. The van der Waals surface area contributed by atoms with Crippen molar-refractivity contribution in [3.8, 4) is 0 Å². The fourth-order valence-electron chi connectivity index (χ4n) is 6.30. The minimum absolute atomic E-state index is 0.0895. The third-order valence-corrected chi connectivity index (χ3v) is 11.4. The normalized spacial score (nSPS) is 20.3. The van der Waals surface area contributed by atoms with E-state index in [1.165, 1.54) is 10.6 Å². The van der Waals surface area contributed by atoms with E-state index in [4.69, 9.17) is 4.74 Å². The summed E-state index contributed by atoms with van der Waals surface area (Å²) in [6.07, 6.45) is 2.38. The Kier molecular flexibility index (Phi) is 9.79. The number of ether oxygens (including phenoxy) is 1. The SMILES string of the molecule is CN1CCN(CCS(=O)(=O)N[C@H](COCc2ccccc2)C(=O)N2CCC3(CC2)CN(S(C)(=O)=O)c2ccccc23)CC1. The predicted octanol–water partition coefficient (Wildman–Crippen LogP) is 1.08. The summed E-state index contributed by atoms with van der Waals surface area (Å²) in [5.74, 6) is -0.419. The molecular weight excluding hydrogens is 590 g/mol. The first kappa shape index (κ1) is 31.9. The molecule has 3 heterocycles. The molecule has 43 heavy (non-hydrogen) atoms. The maximum atomic E-state index is 13.8. The molecule has 2 saturated heterocycles. The number of sulfonamides is 2. The first-order chi connectivity index (χ1) is 20.5. The third kappa shape index (κ3) is 7.76. The van der Waals surface area contributed by atoms with Gasteiger partial charge >= 0.3 is 0 Å². The van der Waals surface area contributed by atoms with Crippen LogP contribution in [0.3, 0.4) is 0 Å². The van der Waals surface area contributed by atoms with Crippen LogP contribution in [0.15, 0.2) is 54.6 Å². The Balaban J connectivity index is 1.25. The molecular formula is C30H43N5O6S2. The van der Waals surface area contributed by atoms with E-state index in [2.05, 4.69) is 21.6 Å². The highest BCUT2D eigenvalue weighted by Gasteiger charge is 2.48. The number of likely N-dealkylation sites (tertiary alicyclic amines) is 1. The molecule has 2 fully saturated rings. The number of rotatable bonds is 11. The number of para-hydroxylation sites is 1. The fourth-order valence-corrected chi connectivity index (χ4v) is 8.52. The molecule has 2 aromatic carbocycles. The molecule has 1 spiro atoms. The van der Waals surface area contributed by atoms with Crippen LogP contribution in [0.4, 0.5) is 5.69 Å². The lowest BCUT2D eigenvalue weighted by Gasteiger charge is -2.40. The second-order valence-electron chi connectivity index (χ2n) is 12.0. The summed E-state index contributed by atoms with van der Waals surface area (Å²) in [5, 5.41) is 0. The largest absolute Gasteiger partial charge is 0.375 e. The van der Waals surface area contributed by atoms with Gasteiger partial charge in [0.2, 0.25) is 26.0 Å². The van der Waals surface area contributed by atoms with Gasteiger partial charge in [-0.25, -0.2) is 21.6 Å². The van der Waals surface area contributed by atoms with Crippen LogP contribution < -0.4 is 9.03 Å². The number of carbonyl (C=O) groups is 1. The van der Waals surface area contributed by atoms with Crippen molar-refractivity contribution in [3.63, 3.8) is 0 Å². The number of anilines is 1. The number of hydrogen-bond donors (Lipinski definition) is 1. The highest BCUT2D eigenvalue weighted by atomic mass is 32.2. The molecule has 3 aliphatic rings. The first-order valence-corrected chi connectivity index (χ1v) is 18.3. The molecule has 3 aliphatic heterocycles. The molecule has 0 radical (unpaired) electrons. The smallest absolute Gasteiger partial charge is 0.243 e. The van der Waals surface area contributed by atoms with E-state index in [-0.39, 0.29) is 24.9 Å². The number of benzene rings is 2. The van der Waals surface area contributed by atoms with Crippen molar-refractivity contribution in [1.29, 1.82) is 0 Å². The number of amides is 1. The van der Waals surface area contributed by atoms with Crippen LogP contribution in [0.2, 0.25) is 0 Å². The minimum Gasteiger partial charge on any atom is -0.375 e. The van der Waals surface area contributed by atoms with Gasteiger partial charge in [-0.3, -0.25) is 14.0 Å². The molecule has 13 heteroatoms. The van der Waals surface area contributed by atoms with Gasteiger partial charge in [-0.1, -0.05) is 48.5 Å². The predicted molar refractivity (Wildman–Crippen MR) is 167 cm³/mol. The number of fused-ring (bicyclic) bond motifs is 2. The van der Waals surface area contributed by atoms with Gasteiger partial charge in [0.25, 0.3) is 0 Å². The van der Waals surface area contributed by atoms with Gasteiger partial charge in [-0.15, -0.1) is 0 Å². The number of nitrogens with zero attached hydrogens (tertiary/aromatic N) is 4. The van der Waals surface area contributed by atoms with Crippen LogP contribution >= 0.6 is 0 Å². The molecule has 1 N–H and O–H groups in total. The topological polar surface area (TPSA) is 120 Å². The van der Waals surface area contributed by atoms with Gasteiger partial charge < -0.3 is 14.5 Å². The number of hydrogen-bond acceptors (Lipinski definition) is 8. The van der Waals surface area contributed by atoms with E-state index in [0.29, 0.717) is 44.7 Å². The molecule has 0 unspecified atom stereocenters. The number of piperazine rings is 1. The third-order valence-electron chi connectivity index (χ3n) is 8.91. The van der Waals surface area contributed by atoms with Gasteiger partial charge in [0.1, 0.15) is 6.04 Å². The van der Waals surface area contributed by atoms with Crippen LogP contribution in [0.1, 0.15) is 24.0 Å². The highest BCUT2D eigenvalue weighted by molar-refractivity contribution is 7.92. The van der Waals surface area contributed by atoms with E-state index in [1.54, 1.807) is 4.90 Å². The van der Waals surface area contributed by atoms with E-state index in [1.807, 2.05) is 54.6 Å². The Hall–Kier alpha value is -2.55. The lowest BCUT2D eigenvalue weighted by Crippen LogP contribution is -2.55. The second-order valence-corrected chi connectivity index (χ2v) is 15.8. The summed E-state index contributed by atoms with van der Waals surface area (Å²) in [6.45, 7) is 5.10. The molecule has 0 bridgehead atoms.